The Labute approximate surface area is 88.3 Å². The fourth-order valence-corrected chi connectivity index (χ4v) is 1.62. The Balaban J connectivity index is 3.54. The maximum absolute atomic E-state index is 11.5. The van der Waals surface area contributed by atoms with E-state index in [0.29, 0.717) is 11.7 Å². The second kappa shape index (κ2) is 7.98. The largest absolute Gasteiger partial charge is 0.328 e. The molecule has 0 spiro atoms. The van der Waals surface area contributed by atoms with Crippen molar-refractivity contribution in [3.63, 3.8) is 0 Å². The van der Waals surface area contributed by atoms with Crippen molar-refractivity contribution in [2.75, 3.05) is 0 Å². The molecule has 0 amide bonds. The average Bonchev–Trinajstić information content (AvgIpc) is 2.13. The molecular formula is C12H25NO. The van der Waals surface area contributed by atoms with Crippen LogP contribution in [-0.2, 0) is 4.79 Å². The summed E-state index contributed by atoms with van der Waals surface area (Å²) in [6.07, 6.45) is 5.65. The van der Waals surface area contributed by atoms with E-state index in [1.54, 1.807) is 0 Å². The highest BCUT2D eigenvalue weighted by Gasteiger charge is 2.09. The number of hydrogen-bond acceptors (Lipinski definition) is 2. The Morgan fingerprint density at radius 3 is 2.29 bits per heavy atom. The molecule has 0 bridgehead atoms. The van der Waals surface area contributed by atoms with Crippen LogP contribution >= 0.6 is 0 Å². The van der Waals surface area contributed by atoms with E-state index in [9.17, 15) is 4.79 Å². The van der Waals surface area contributed by atoms with Crippen molar-refractivity contribution in [3.8, 4) is 0 Å². The third-order valence-electron chi connectivity index (χ3n) is 2.79. The first-order valence-corrected chi connectivity index (χ1v) is 5.87. The summed E-state index contributed by atoms with van der Waals surface area (Å²) in [5, 5.41) is 0. The van der Waals surface area contributed by atoms with Crippen molar-refractivity contribution < 1.29 is 4.79 Å². The molecule has 0 saturated carbocycles. The Bertz CT molecular complexity index is 150. The summed E-state index contributed by atoms with van der Waals surface area (Å²) in [7, 11) is 0. The predicted octanol–water partition coefficient (Wildman–Crippen LogP) is 2.90. The minimum Gasteiger partial charge on any atom is -0.328 e. The van der Waals surface area contributed by atoms with Gasteiger partial charge in [-0.05, 0) is 25.7 Å². The number of carbonyl (C=O) groups excluding carboxylic acids is 1. The summed E-state index contributed by atoms with van der Waals surface area (Å²) in [6.45, 7) is 6.30. The van der Waals surface area contributed by atoms with Crippen LogP contribution < -0.4 is 5.73 Å². The Morgan fingerprint density at radius 2 is 1.86 bits per heavy atom. The summed E-state index contributed by atoms with van der Waals surface area (Å²) in [4.78, 5) is 11.5. The minimum atomic E-state index is 0.232. The topological polar surface area (TPSA) is 43.1 Å². The van der Waals surface area contributed by atoms with Gasteiger partial charge in [-0.25, -0.2) is 0 Å². The highest BCUT2D eigenvalue weighted by molar-refractivity contribution is 5.78. The van der Waals surface area contributed by atoms with Gasteiger partial charge in [-0.2, -0.15) is 0 Å². The highest BCUT2D eigenvalue weighted by Crippen LogP contribution is 2.14. The van der Waals surface area contributed by atoms with Gasteiger partial charge in [-0.3, -0.25) is 4.79 Å². The zero-order valence-electron chi connectivity index (χ0n) is 9.88. The number of Topliss-reactive ketones (excluding diaryl/α,β-unsaturated/α-hetero) is 1. The quantitative estimate of drug-likeness (QED) is 0.653. The Kier molecular flexibility index (Phi) is 7.77. The summed E-state index contributed by atoms with van der Waals surface area (Å²) in [5.41, 5.74) is 5.62. The van der Waals surface area contributed by atoms with E-state index in [4.69, 9.17) is 5.73 Å². The first-order chi connectivity index (χ1) is 6.60. The van der Waals surface area contributed by atoms with E-state index in [-0.39, 0.29) is 6.04 Å². The van der Waals surface area contributed by atoms with E-state index < -0.39 is 0 Å². The Hall–Kier alpha value is -0.370. The van der Waals surface area contributed by atoms with E-state index >= 15 is 0 Å². The number of rotatable bonds is 8. The van der Waals surface area contributed by atoms with Crippen molar-refractivity contribution >= 4 is 5.78 Å². The summed E-state index contributed by atoms with van der Waals surface area (Å²) in [5.74, 6) is 1.01. The van der Waals surface area contributed by atoms with Crippen molar-refractivity contribution in [2.24, 2.45) is 11.7 Å². The smallest absolute Gasteiger partial charge is 0.133 e. The fourth-order valence-electron chi connectivity index (χ4n) is 1.62. The molecule has 14 heavy (non-hydrogen) atoms. The van der Waals surface area contributed by atoms with Gasteiger partial charge in [-0.15, -0.1) is 0 Å². The standard InChI is InChI=1S/C12H25NO/c1-4-11(5-2)9-12(14)8-6-7-10(3)13/h10-11H,4-9,13H2,1-3H3. The zero-order chi connectivity index (χ0) is 11.0. The third kappa shape index (κ3) is 7.07. The van der Waals surface area contributed by atoms with Crippen LogP contribution in [0, 0.1) is 5.92 Å². The molecular weight excluding hydrogens is 174 g/mol. The highest BCUT2D eigenvalue weighted by atomic mass is 16.1. The molecule has 0 saturated heterocycles. The van der Waals surface area contributed by atoms with Gasteiger partial charge in [0.05, 0.1) is 0 Å². The second-order valence-corrected chi connectivity index (χ2v) is 4.29. The number of hydrogen-bond donors (Lipinski definition) is 1. The first kappa shape index (κ1) is 13.6. The van der Waals surface area contributed by atoms with E-state index in [1.807, 2.05) is 6.92 Å². The first-order valence-electron chi connectivity index (χ1n) is 5.87. The van der Waals surface area contributed by atoms with Crippen LogP contribution in [0.25, 0.3) is 0 Å². The van der Waals surface area contributed by atoms with Crippen molar-refractivity contribution in [1.29, 1.82) is 0 Å². The lowest BCUT2D eigenvalue weighted by atomic mass is 9.95. The van der Waals surface area contributed by atoms with Gasteiger partial charge in [0.25, 0.3) is 0 Å². The number of nitrogens with two attached hydrogens (primary N) is 1. The van der Waals surface area contributed by atoms with Gasteiger partial charge >= 0.3 is 0 Å². The molecule has 1 atom stereocenters. The molecule has 0 rings (SSSR count). The van der Waals surface area contributed by atoms with Crippen molar-refractivity contribution in [3.05, 3.63) is 0 Å². The Morgan fingerprint density at radius 1 is 1.29 bits per heavy atom. The summed E-state index contributed by atoms with van der Waals surface area (Å²) >= 11 is 0. The summed E-state index contributed by atoms with van der Waals surface area (Å²) in [6, 6.07) is 0.232. The fraction of sp³-hybridized carbons (Fsp3) is 0.917. The normalized spacial score (nSPS) is 13.2. The molecule has 0 heterocycles. The van der Waals surface area contributed by atoms with Crippen LogP contribution in [0.4, 0.5) is 0 Å². The molecule has 1 unspecified atom stereocenters. The van der Waals surface area contributed by atoms with Gasteiger partial charge in [0.1, 0.15) is 5.78 Å². The van der Waals surface area contributed by atoms with Gasteiger partial charge in [0.15, 0.2) is 0 Å². The molecule has 0 aromatic carbocycles. The molecule has 0 aromatic heterocycles. The van der Waals surface area contributed by atoms with Gasteiger partial charge in [0.2, 0.25) is 0 Å². The lowest BCUT2D eigenvalue weighted by molar-refractivity contribution is -0.120. The van der Waals surface area contributed by atoms with E-state index in [1.165, 1.54) is 0 Å². The lowest BCUT2D eigenvalue weighted by Crippen LogP contribution is -2.15. The molecule has 0 aliphatic heterocycles. The zero-order valence-corrected chi connectivity index (χ0v) is 9.88. The molecule has 0 aliphatic rings. The van der Waals surface area contributed by atoms with Crippen LogP contribution in [-0.4, -0.2) is 11.8 Å². The maximum Gasteiger partial charge on any atom is 0.133 e. The number of carbonyl (C=O) groups is 1. The third-order valence-corrected chi connectivity index (χ3v) is 2.79. The number of ketones is 1. The van der Waals surface area contributed by atoms with Crippen LogP contribution in [0.5, 0.6) is 0 Å². The van der Waals surface area contributed by atoms with Crippen molar-refractivity contribution in [2.45, 2.75) is 65.3 Å². The minimum absolute atomic E-state index is 0.232. The predicted molar refractivity (Wildman–Crippen MR) is 61.2 cm³/mol. The molecule has 2 N–H and O–H groups in total. The maximum atomic E-state index is 11.5. The molecule has 0 radical (unpaired) electrons. The molecule has 0 aliphatic carbocycles. The molecule has 84 valence electrons. The van der Waals surface area contributed by atoms with E-state index in [2.05, 4.69) is 13.8 Å². The van der Waals surface area contributed by atoms with Gasteiger partial charge in [-0.1, -0.05) is 26.7 Å². The lowest BCUT2D eigenvalue weighted by Gasteiger charge is -2.11. The average molecular weight is 199 g/mol. The van der Waals surface area contributed by atoms with Crippen molar-refractivity contribution in [1.82, 2.24) is 0 Å². The van der Waals surface area contributed by atoms with Crippen LogP contribution in [0.15, 0.2) is 0 Å². The second-order valence-electron chi connectivity index (χ2n) is 4.29. The molecule has 0 fully saturated rings. The monoisotopic (exact) mass is 199 g/mol. The molecule has 0 aromatic rings. The van der Waals surface area contributed by atoms with E-state index in [0.717, 1.165) is 38.5 Å². The van der Waals surface area contributed by atoms with Crippen LogP contribution in [0.3, 0.4) is 0 Å². The SMILES string of the molecule is CCC(CC)CC(=O)CCCC(C)N. The molecule has 2 heteroatoms. The van der Waals surface area contributed by atoms with Gasteiger partial charge < -0.3 is 5.73 Å². The summed E-state index contributed by atoms with van der Waals surface area (Å²) < 4.78 is 0. The van der Waals surface area contributed by atoms with Crippen LogP contribution in [0.1, 0.15) is 59.3 Å². The van der Waals surface area contributed by atoms with Gasteiger partial charge in [0, 0.05) is 18.9 Å². The van der Waals surface area contributed by atoms with Crippen LogP contribution in [0.2, 0.25) is 0 Å². The molecule has 2 nitrogen and oxygen atoms in total.